The molecule has 0 aliphatic heterocycles. The minimum absolute atomic E-state index is 0.0107. The van der Waals surface area contributed by atoms with E-state index in [9.17, 15) is 13.2 Å². The second-order valence-electron chi connectivity index (χ2n) is 6.25. The van der Waals surface area contributed by atoms with E-state index in [1.807, 2.05) is 27.7 Å². The fraction of sp³-hybridized carbons (Fsp3) is 0.857. The maximum Gasteiger partial charge on any atom is 0.323 e. The van der Waals surface area contributed by atoms with E-state index < -0.39 is 22.0 Å². The first-order valence-corrected chi connectivity index (χ1v) is 8.87. The Labute approximate surface area is 128 Å². The minimum Gasteiger partial charge on any atom is -0.465 e. The summed E-state index contributed by atoms with van der Waals surface area (Å²) in [7, 11) is -3.50. The van der Waals surface area contributed by atoms with Crippen molar-refractivity contribution in [3.8, 4) is 0 Å². The molecule has 124 valence electrons. The van der Waals surface area contributed by atoms with Gasteiger partial charge in [-0.3, -0.25) is 4.79 Å². The van der Waals surface area contributed by atoms with Crippen LogP contribution >= 0.6 is 0 Å². The van der Waals surface area contributed by atoms with Gasteiger partial charge in [0.15, 0.2) is 0 Å². The van der Waals surface area contributed by atoms with Crippen LogP contribution in [-0.4, -0.2) is 39.0 Å². The Morgan fingerprint density at radius 3 is 2.52 bits per heavy atom. The van der Waals surface area contributed by atoms with Crippen LogP contribution in [0.3, 0.4) is 0 Å². The molecule has 0 aromatic carbocycles. The van der Waals surface area contributed by atoms with Gasteiger partial charge in [-0.2, -0.15) is 4.40 Å². The topological polar surface area (TPSA) is 98.8 Å². The fourth-order valence-electron chi connectivity index (χ4n) is 1.28. The predicted molar refractivity (Wildman–Crippen MR) is 84.8 cm³/mol. The number of ether oxygens (including phenoxy) is 1. The Bertz CT molecular complexity index is 438. The number of unbranched alkanes of at least 4 members (excludes halogenated alkanes) is 1. The summed E-state index contributed by atoms with van der Waals surface area (Å²) in [6.07, 6.45) is 3.48. The zero-order valence-electron chi connectivity index (χ0n) is 13.5. The Morgan fingerprint density at radius 1 is 1.38 bits per heavy atom. The van der Waals surface area contributed by atoms with E-state index in [1.165, 1.54) is 6.21 Å². The Morgan fingerprint density at radius 2 is 2.00 bits per heavy atom. The van der Waals surface area contributed by atoms with Crippen molar-refractivity contribution in [2.75, 3.05) is 12.4 Å². The van der Waals surface area contributed by atoms with Crippen LogP contribution in [0.5, 0.6) is 0 Å². The van der Waals surface area contributed by atoms with Crippen molar-refractivity contribution in [2.24, 2.45) is 15.5 Å². The number of hydrogen-bond donors (Lipinski definition) is 1. The van der Waals surface area contributed by atoms with Crippen LogP contribution in [-0.2, 0) is 19.6 Å². The van der Waals surface area contributed by atoms with Crippen molar-refractivity contribution in [3.63, 3.8) is 0 Å². The molecule has 0 heterocycles. The molecule has 0 saturated heterocycles. The van der Waals surface area contributed by atoms with Gasteiger partial charge >= 0.3 is 5.97 Å². The zero-order valence-corrected chi connectivity index (χ0v) is 14.3. The van der Waals surface area contributed by atoms with Crippen molar-refractivity contribution in [2.45, 2.75) is 59.4 Å². The molecule has 2 N–H and O–H groups in total. The first kappa shape index (κ1) is 20.1. The van der Waals surface area contributed by atoms with Gasteiger partial charge in [0.05, 0.1) is 12.4 Å². The first-order chi connectivity index (χ1) is 9.57. The molecule has 0 bridgehead atoms. The molecule has 0 rings (SSSR count). The van der Waals surface area contributed by atoms with E-state index in [2.05, 4.69) is 4.40 Å². The zero-order chi connectivity index (χ0) is 16.5. The van der Waals surface area contributed by atoms with E-state index in [0.29, 0.717) is 13.0 Å². The number of carbonyl (C=O) groups is 1. The lowest BCUT2D eigenvalue weighted by Gasteiger charge is -2.16. The van der Waals surface area contributed by atoms with Gasteiger partial charge in [-0.15, -0.1) is 0 Å². The quantitative estimate of drug-likeness (QED) is 0.397. The number of carbonyl (C=O) groups excluding carboxylic acids is 1. The van der Waals surface area contributed by atoms with Gasteiger partial charge in [-0.1, -0.05) is 34.1 Å². The Kier molecular flexibility index (Phi) is 8.73. The summed E-state index contributed by atoms with van der Waals surface area (Å²) in [5.74, 6) is -0.537. The molecule has 0 unspecified atom stereocenters. The molecule has 6 nitrogen and oxygen atoms in total. The minimum atomic E-state index is -3.50. The van der Waals surface area contributed by atoms with Crippen LogP contribution in [0.1, 0.15) is 53.4 Å². The van der Waals surface area contributed by atoms with E-state index in [0.717, 1.165) is 12.8 Å². The van der Waals surface area contributed by atoms with Gasteiger partial charge in [-0.05, 0) is 18.3 Å². The van der Waals surface area contributed by atoms with Gasteiger partial charge in [-0.25, -0.2) is 8.42 Å². The number of hydrogen-bond acceptors (Lipinski definition) is 5. The average molecular weight is 320 g/mol. The molecule has 0 aromatic rings. The molecule has 0 fully saturated rings. The number of sulfonamides is 1. The van der Waals surface area contributed by atoms with Crippen LogP contribution in [0.4, 0.5) is 0 Å². The third-order valence-electron chi connectivity index (χ3n) is 2.75. The van der Waals surface area contributed by atoms with Crippen molar-refractivity contribution < 1.29 is 17.9 Å². The van der Waals surface area contributed by atoms with Crippen molar-refractivity contribution in [3.05, 3.63) is 0 Å². The van der Waals surface area contributed by atoms with Crippen LogP contribution in [0, 0.1) is 5.41 Å². The second-order valence-corrected chi connectivity index (χ2v) is 8.03. The van der Waals surface area contributed by atoms with E-state index in [1.54, 1.807) is 0 Å². The van der Waals surface area contributed by atoms with Gasteiger partial charge in [0.1, 0.15) is 6.04 Å². The predicted octanol–water partition coefficient (Wildman–Crippen LogP) is 1.88. The molecule has 0 amide bonds. The summed E-state index contributed by atoms with van der Waals surface area (Å²) in [4.78, 5) is 11.5. The summed E-state index contributed by atoms with van der Waals surface area (Å²) in [5, 5.41) is 0. The van der Waals surface area contributed by atoms with E-state index >= 15 is 0 Å². The van der Waals surface area contributed by atoms with Crippen LogP contribution in [0.15, 0.2) is 4.40 Å². The van der Waals surface area contributed by atoms with E-state index in [4.69, 9.17) is 10.5 Å². The third kappa shape index (κ3) is 11.4. The normalized spacial score (nSPS) is 14.3. The highest BCUT2D eigenvalue weighted by Gasteiger charge is 2.17. The molecular weight excluding hydrogens is 292 g/mol. The van der Waals surface area contributed by atoms with Crippen molar-refractivity contribution in [1.82, 2.24) is 0 Å². The molecule has 0 aliphatic carbocycles. The number of nitrogens with zero attached hydrogens (tertiary/aromatic N) is 1. The number of nitrogens with two attached hydrogens (primary N) is 1. The lowest BCUT2D eigenvalue weighted by molar-refractivity contribution is -0.145. The van der Waals surface area contributed by atoms with Gasteiger partial charge in [0.25, 0.3) is 10.0 Å². The van der Waals surface area contributed by atoms with Gasteiger partial charge in [0.2, 0.25) is 0 Å². The monoisotopic (exact) mass is 320 g/mol. The molecule has 21 heavy (non-hydrogen) atoms. The fourth-order valence-corrected chi connectivity index (χ4v) is 2.57. The first-order valence-electron chi connectivity index (χ1n) is 7.26. The SMILES string of the molecule is CCCCOC(=O)[C@@H](N)CC=NS(=O)(=O)CCC(C)(C)C. The highest BCUT2D eigenvalue weighted by molar-refractivity contribution is 7.90. The van der Waals surface area contributed by atoms with E-state index in [-0.39, 0.29) is 17.6 Å². The highest BCUT2D eigenvalue weighted by Crippen LogP contribution is 2.19. The van der Waals surface area contributed by atoms with Crippen molar-refractivity contribution in [1.29, 1.82) is 0 Å². The summed E-state index contributed by atoms with van der Waals surface area (Å²) < 4.78 is 31.9. The average Bonchev–Trinajstić information content (AvgIpc) is 2.35. The highest BCUT2D eigenvalue weighted by atomic mass is 32.2. The summed E-state index contributed by atoms with van der Waals surface area (Å²) in [5.41, 5.74) is 5.54. The third-order valence-corrected chi connectivity index (χ3v) is 3.94. The lowest BCUT2D eigenvalue weighted by atomic mass is 9.94. The molecule has 0 saturated carbocycles. The van der Waals surface area contributed by atoms with Gasteiger partial charge < -0.3 is 10.5 Å². The number of rotatable bonds is 9. The van der Waals surface area contributed by atoms with Crippen molar-refractivity contribution >= 4 is 22.2 Å². The maximum atomic E-state index is 11.7. The molecule has 1 atom stereocenters. The summed E-state index contributed by atoms with van der Waals surface area (Å²) in [6, 6.07) is -0.872. The Balaban J connectivity index is 4.21. The maximum absolute atomic E-state index is 11.7. The Hall–Kier alpha value is -0.950. The van der Waals surface area contributed by atoms with Crippen LogP contribution < -0.4 is 5.73 Å². The molecule has 0 spiro atoms. The number of esters is 1. The molecule has 0 aliphatic rings. The summed E-state index contributed by atoms with van der Waals surface area (Å²) >= 11 is 0. The van der Waals surface area contributed by atoms with Crippen LogP contribution in [0.25, 0.3) is 0 Å². The molecule has 0 radical (unpaired) electrons. The molecule has 0 aromatic heterocycles. The molecule has 7 heteroatoms. The molecular formula is C14H28N2O4S. The standard InChI is InChI=1S/C14H28N2O4S/c1-5-6-10-20-13(17)12(15)7-9-16-21(18,19)11-8-14(2,3)4/h9,12H,5-8,10-11,15H2,1-4H3/t12-/m0/s1. The van der Waals surface area contributed by atoms with Crippen LogP contribution in [0.2, 0.25) is 0 Å². The lowest BCUT2D eigenvalue weighted by Crippen LogP contribution is -2.32. The summed E-state index contributed by atoms with van der Waals surface area (Å²) in [6.45, 7) is 8.23. The largest absolute Gasteiger partial charge is 0.465 e. The van der Waals surface area contributed by atoms with Gasteiger partial charge in [0, 0.05) is 12.6 Å². The smallest absolute Gasteiger partial charge is 0.323 e. The second kappa shape index (κ2) is 9.15.